The maximum Gasteiger partial charge on any atom is 0.239 e. The van der Waals surface area contributed by atoms with E-state index in [0.717, 1.165) is 43.8 Å². The van der Waals surface area contributed by atoms with Gasteiger partial charge in [0.1, 0.15) is 23.1 Å². The van der Waals surface area contributed by atoms with Crippen LogP contribution in [0.2, 0.25) is 0 Å². The predicted molar refractivity (Wildman–Crippen MR) is 167 cm³/mol. The number of ether oxygens (including phenoxy) is 2. The lowest BCUT2D eigenvalue weighted by Crippen LogP contribution is -2.49. The molecule has 1 saturated heterocycles. The summed E-state index contributed by atoms with van der Waals surface area (Å²) < 4.78 is 27.8. The summed E-state index contributed by atoms with van der Waals surface area (Å²) in [6.45, 7) is 11.7. The van der Waals surface area contributed by atoms with Crippen LogP contribution in [0.3, 0.4) is 0 Å². The van der Waals surface area contributed by atoms with Crippen LogP contribution in [0.15, 0.2) is 54.7 Å². The van der Waals surface area contributed by atoms with Gasteiger partial charge in [-0.05, 0) is 41.3 Å². The average molecular weight is 590 g/mol. The van der Waals surface area contributed by atoms with E-state index in [4.69, 9.17) is 14.5 Å². The molecular formula is C32H40FN7O3. The second-order valence-corrected chi connectivity index (χ2v) is 11.9. The number of piperazine rings is 1. The molecule has 1 aliphatic rings. The molecule has 228 valence electrons. The van der Waals surface area contributed by atoms with E-state index in [2.05, 4.69) is 46.2 Å². The molecule has 1 fully saturated rings. The molecule has 1 aliphatic heterocycles. The largest absolute Gasteiger partial charge is 0.457 e. The third-order valence-corrected chi connectivity index (χ3v) is 7.61. The lowest BCUT2D eigenvalue weighted by molar-refractivity contribution is -0.117. The molecule has 0 radical (unpaired) electrons. The Labute approximate surface area is 251 Å². The Morgan fingerprint density at radius 1 is 1.00 bits per heavy atom. The summed E-state index contributed by atoms with van der Waals surface area (Å²) in [5.41, 5.74) is 2.84. The Hall–Kier alpha value is -4.06. The Balaban J connectivity index is 1.22. The minimum absolute atomic E-state index is 0.113. The maximum atomic E-state index is 14.7. The molecule has 11 heteroatoms. The molecule has 43 heavy (non-hydrogen) atoms. The van der Waals surface area contributed by atoms with Crippen LogP contribution in [0.25, 0.3) is 11.0 Å². The third kappa shape index (κ3) is 7.67. The second kappa shape index (κ2) is 13.1. The maximum absolute atomic E-state index is 14.7. The molecule has 1 amide bonds. The summed E-state index contributed by atoms with van der Waals surface area (Å²) in [4.78, 5) is 26.2. The van der Waals surface area contributed by atoms with Crippen LogP contribution in [0.4, 0.5) is 21.8 Å². The van der Waals surface area contributed by atoms with Gasteiger partial charge in [0.05, 0.1) is 29.9 Å². The van der Waals surface area contributed by atoms with Crippen molar-refractivity contribution in [2.24, 2.45) is 7.05 Å². The highest BCUT2D eigenvalue weighted by molar-refractivity contribution is 5.91. The number of carbonyl (C=O) groups excluding carboxylic acids is 1. The van der Waals surface area contributed by atoms with Gasteiger partial charge in [-0.1, -0.05) is 26.8 Å². The van der Waals surface area contributed by atoms with E-state index in [-0.39, 0.29) is 17.1 Å². The summed E-state index contributed by atoms with van der Waals surface area (Å²) in [5, 5.41) is 6.04. The van der Waals surface area contributed by atoms with Crippen molar-refractivity contribution in [2.45, 2.75) is 26.2 Å². The van der Waals surface area contributed by atoms with E-state index < -0.39 is 0 Å². The van der Waals surface area contributed by atoms with Gasteiger partial charge in [-0.25, -0.2) is 14.4 Å². The smallest absolute Gasteiger partial charge is 0.239 e. The molecule has 4 aromatic rings. The molecule has 2 N–H and O–H groups in total. The minimum Gasteiger partial charge on any atom is -0.457 e. The molecule has 2 aromatic carbocycles. The number of anilines is 3. The summed E-state index contributed by atoms with van der Waals surface area (Å²) in [6.07, 6.45) is 1.60. The molecule has 0 unspecified atom stereocenters. The number of aromatic nitrogens is 3. The number of aryl methyl sites for hydroxylation is 1. The van der Waals surface area contributed by atoms with Crippen LogP contribution in [0, 0.1) is 5.82 Å². The highest BCUT2D eigenvalue weighted by Crippen LogP contribution is 2.31. The Morgan fingerprint density at radius 3 is 2.49 bits per heavy atom. The van der Waals surface area contributed by atoms with E-state index >= 15 is 0 Å². The van der Waals surface area contributed by atoms with E-state index in [0.29, 0.717) is 47.6 Å². The zero-order chi connectivity index (χ0) is 30.6. The number of rotatable bonds is 10. The van der Waals surface area contributed by atoms with Crippen molar-refractivity contribution in [3.63, 3.8) is 0 Å². The number of pyridine rings is 1. The van der Waals surface area contributed by atoms with Gasteiger partial charge in [0.15, 0.2) is 0 Å². The number of carbonyl (C=O) groups is 1. The number of hydrogen-bond acceptors (Lipinski definition) is 8. The van der Waals surface area contributed by atoms with E-state index in [1.807, 2.05) is 41.9 Å². The number of hydrogen-bond donors (Lipinski definition) is 2. The monoisotopic (exact) mass is 589 g/mol. The lowest BCUT2D eigenvalue weighted by atomic mass is 9.87. The van der Waals surface area contributed by atoms with Crippen molar-refractivity contribution in [1.29, 1.82) is 0 Å². The molecule has 2 aromatic heterocycles. The second-order valence-electron chi connectivity index (χ2n) is 11.9. The zero-order valence-corrected chi connectivity index (χ0v) is 25.5. The van der Waals surface area contributed by atoms with Crippen molar-refractivity contribution >= 4 is 34.4 Å². The van der Waals surface area contributed by atoms with E-state index in [9.17, 15) is 9.18 Å². The fourth-order valence-corrected chi connectivity index (χ4v) is 5.02. The number of nitrogens with one attached hydrogen (secondary N) is 2. The first-order valence-corrected chi connectivity index (χ1v) is 14.5. The van der Waals surface area contributed by atoms with Crippen molar-refractivity contribution in [2.75, 3.05) is 63.6 Å². The van der Waals surface area contributed by atoms with Crippen LogP contribution < -0.4 is 15.4 Å². The van der Waals surface area contributed by atoms with Crippen molar-refractivity contribution < 1.29 is 18.7 Å². The first-order chi connectivity index (χ1) is 20.6. The number of amides is 1. The van der Waals surface area contributed by atoms with Gasteiger partial charge in [-0.2, -0.15) is 0 Å². The van der Waals surface area contributed by atoms with Gasteiger partial charge < -0.3 is 24.7 Å². The number of methoxy groups -OCH3 is 1. The lowest BCUT2D eigenvalue weighted by Gasteiger charge is -2.34. The molecule has 5 rings (SSSR count). The quantitative estimate of drug-likeness (QED) is 0.263. The SMILES string of the molecule is COCCN1CCN(CC(=O)Nc2cc(Oc3ccc4c(c3)nc(Nc3cc(C(C)(C)C)ccc3F)n4C)ccn2)CC1. The van der Waals surface area contributed by atoms with Crippen molar-refractivity contribution in [3.8, 4) is 11.5 Å². The first-order valence-electron chi connectivity index (χ1n) is 14.5. The van der Waals surface area contributed by atoms with Crippen LogP contribution in [-0.4, -0.2) is 83.2 Å². The summed E-state index contributed by atoms with van der Waals surface area (Å²) in [6, 6.07) is 14.1. The highest BCUT2D eigenvalue weighted by atomic mass is 19.1. The van der Waals surface area contributed by atoms with E-state index in [1.165, 1.54) is 6.07 Å². The molecule has 0 spiro atoms. The van der Waals surface area contributed by atoms with E-state index in [1.54, 1.807) is 25.4 Å². The standard InChI is InChI=1S/C32H40FN7O3/c1-32(2,3)22-6-8-25(33)26(18-22)35-31-36-27-19-23(7-9-28(27)38(31)4)43-24-10-11-34-29(20-24)37-30(41)21-40-14-12-39(13-15-40)16-17-42-5/h6-11,18-20H,12-17,21H2,1-5H3,(H,35,36)(H,34,37,41). The van der Waals surface area contributed by atoms with Gasteiger partial charge >= 0.3 is 0 Å². The highest BCUT2D eigenvalue weighted by Gasteiger charge is 2.20. The molecule has 0 saturated carbocycles. The summed E-state index contributed by atoms with van der Waals surface area (Å²) >= 11 is 0. The molecule has 0 atom stereocenters. The Bertz CT molecular complexity index is 1580. The van der Waals surface area contributed by atoms with Crippen LogP contribution in [0.1, 0.15) is 26.3 Å². The number of nitrogens with zero attached hydrogens (tertiary/aromatic N) is 5. The molecule has 0 bridgehead atoms. The molecule has 3 heterocycles. The van der Waals surface area contributed by atoms with Gasteiger partial charge in [0.25, 0.3) is 0 Å². The first kappa shape index (κ1) is 30.4. The minimum atomic E-state index is -0.342. The molecule has 10 nitrogen and oxygen atoms in total. The normalized spacial score (nSPS) is 14.7. The Morgan fingerprint density at radius 2 is 1.74 bits per heavy atom. The topological polar surface area (TPSA) is 96.8 Å². The van der Waals surface area contributed by atoms with Crippen LogP contribution in [0.5, 0.6) is 11.5 Å². The number of benzene rings is 2. The summed E-state index contributed by atoms with van der Waals surface area (Å²) in [7, 11) is 3.59. The van der Waals surface area contributed by atoms with Gasteiger partial charge in [-0.3, -0.25) is 14.6 Å². The molecule has 0 aliphatic carbocycles. The summed E-state index contributed by atoms with van der Waals surface area (Å²) in [5.74, 6) is 1.59. The number of halogens is 1. The number of imidazole rings is 1. The van der Waals surface area contributed by atoms with Crippen molar-refractivity contribution in [3.05, 3.63) is 66.1 Å². The van der Waals surface area contributed by atoms with Gasteiger partial charge in [-0.15, -0.1) is 0 Å². The Kier molecular flexibility index (Phi) is 9.24. The van der Waals surface area contributed by atoms with Crippen LogP contribution in [-0.2, 0) is 22.0 Å². The molecular weight excluding hydrogens is 549 g/mol. The third-order valence-electron chi connectivity index (χ3n) is 7.61. The zero-order valence-electron chi connectivity index (χ0n) is 25.5. The fraction of sp³-hybridized carbons (Fsp3) is 0.406. The van der Waals surface area contributed by atoms with Crippen LogP contribution >= 0.6 is 0 Å². The fourth-order valence-electron chi connectivity index (χ4n) is 5.02. The predicted octanol–water partition coefficient (Wildman–Crippen LogP) is 5.14. The van der Waals surface area contributed by atoms with Gasteiger partial charge in [0, 0.05) is 65.2 Å². The number of fused-ring (bicyclic) bond motifs is 1. The van der Waals surface area contributed by atoms with Gasteiger partial charge in [0.2, 0.25) is 11.9 Å². The van der Waals surface area contributed by atoms with Crippen molar-refractivity contribution in [1.82, 2.24) is 24.3 Å². The average Bonchev–Trinajstić information content (AvgIpc) is 3.27.